The third kappa shape index (κ3) is 2.90. The molecule has 0 aromatic heterocycles. The van der Waals surface area contributed by atoms with Gasteiger partial charge in [0, 0.05) is 10.9 Å². The van der Waals surface area contributed by atoms with Crippen LogP contribution in [0.3, 0.4) is 0 Å². The van der Waals surface area contributed by atoms with Crippen molar-refractivity contribution in [1.29, 1.82) is 0 Å². The van der Waals surface area contributed by atoms with Gasteiger partial charge in [-0.2, -0.15) is 0 Å². The molecule has 0 fully saturated rings. The molecule has 0 unspecified atom stereocenters. The minimum atomic E-state index is 0.290. The van der Waals surface area contributed by atoms with Crippen LogP contribution in [-0.4, -0.2) is 12.2 Å². The highest BCUT2D eigenvalue weighted by atomic mass is 16.5. The van der Waals surface area contributed by atoms with E-state index in [0.717, 1.165) is 49.5 Å². The number of phenols is 1. The summed E-state index contributed by atoms with van der Waals surface area (Å²) < 4.78 is 5.44. The molecular weight excluding hydrogens is 356 g/mol. The van der Waals surface area contributed by atoms with Gasteiger partial charge in [-0.1, -0.05) is 72.8 Å². The van der Waals surface area contributed by atoms with Gasteiger partial charge in [-0.15, -0.1) is 0 Å². The number of fused-ring (bicyclic) bond motifs is 2. The first-order valence-corrected chi connectivity index (χ1v) is 9.63. The van der Waals surface area contributed by atoms with Crippen molar-refractivity contribution < 1.29 is 9.84 Å². The maximum atomic E-state index is 11.3. The van der Waals surface area contributed by atoms with Crippen LogP contribution in [0.1, 0.15) is 0 Å². The van der Waals surface area contributed by atoms with E-state index in [-0.39, 0.29) is 0 Å². The van der Waals surface area contributed by atoms with Crippen LogP contribution in [0.2, 0.25) is 0 Å². The first-order valence-electron chi connectivity index (χ1n) is 9.63. The summed E-state index contributed by atoms with van der Waals surface area (Å²) in [6, 6.07) is 32.7. The monoisotopic (exact) mass is 376 g/mol. The number of ether oxygens (including phenoxy) is 1. The molecule has 0 atom stereocenters. The van der Waals surface area contributed by atoms with E-state index >= 15 is 0 Å². The second-order valence-corrected chi connectivity index (χ2v) is 7.12. The Morgan fingerprint density at radius 3 is 2.17 bits per heavy atom. The molecule has 0 spiro atoms. The molecular formula is C27H20O2. The fraction of sp³-hybridized carbons (Fsp3) is 0.0370. The van der Waals surface area contributed by atoms with Gasteiger partial charge in [0.15, 0.2) is 0 Å². The van der Waals surface area contributed by atoms with Gasteiger partial charge in [0.1, 0.15) is 11.5 Å². The molecule has 0 radical (unpaired) electrons. The van der Waals surface area contributed by atoms with Crippen LogP contribution < -0.4 is 4.74 Å². The Morgan fingerprint density at radius 2 is 1.34 bits per heavy atom. The van der Waals surface area contributed by atoms with Gasteiger partial charge in [-0.3, -0.25) is 0 Å². The standard InChI is InChI=1S/C27H20O2/c1-29-20-14-15-23-25(16-20)24(19-8-3-2-4-9-19)17-26(27(23)28)22-13-7-11-18-10-5-6-12-21(18)22/h2-17,28H,1H3. The van der Waals surface area contributed by atoms with Gasteiger partial charge < -0.3 is 9.84 Å². The lowest BCUT2D eigenvalue weighted by Gasteiger charge is -2.16. The van der Waals surface area contributed by atoms with Crippen LogP contribution in [0.4, 0.5) is 0 Å². The molecule has 1 N–H and O–H groups in total. The third-order valence-electron chi connectivity index (χ3n) is 5.48. The van der Waals surface area contributed by atoms with E-state index in [4.69, 9.17) is 4.74 Å². The first-order chi connectivity index (χ1) is 14.3. The third-order valence-corrected chi connectivity index (χ3v) is 5.48. The Bertz CT molecular complexity index is 1330. The van der Waals surface area contributed by atoms with Crippen molar-refractivity contribution in [1.82, 2.24) is 0 Å². The van der Waals surface area contributed by atoms with Crippen LogP contribution in [0.15, 0.2) is 97.1 Å². The number of rotatable bonds is 3. The summed E-state index contributed by atoms with van der Waals surface area (Å²) in [5.74, 6) is 1.06. The van der Waals surface area contributed by atoms with Crippen molar-refractivity contribution in [2.45, 2.75) is 0 Å². The second kappa shape index (κ2) is 6.99. The van der Waals surface area contributed by atoms with Crippen molar-refractivity contribution in [3.63, 3.8) is 0 Å². The van der Waals surface area contributed by atoms with E-state index < -0.39 is 0 Å². The highest BCUT2D eigenvalue weighted by Gasteiger charge is 2.16. The Labute approximate surface area is 169 Å². The predicted octanol–water partition coefficient (Wildman–Crippen LogP) is 7.04. The van der Waals surface area contributed by atoms with Crippen LogP contribution in [-0.2, 0) is 0 Å². The normalized spacial score (nSPS) is 11.1. The van der Waals surface area contributed by atoms with Gasteiger partial charge in [-0.05, 0) is 57.1 Å². The van der Waals surface area contributed by atoms with Crippen LogP contribution >= 0.6 is 0 Å². The quantitative estimate of drug-likeness (QED) is 0.366. The molecule has 0 heterocycles. The summed E-state index contributed by atoms with van der Waals surface area (Å²) in [5.41, 5.74) is 4.03. The van der Waals surface area contributed by atoms with Crippen LogP contribution in [0.25, 0.3) is 43.8 Å². The lowest BCUT2D eigenvalue weighted by molar-refractivity contribution is 0.415. The summed E-state index contributed by atoms with van der Waals surface area (Å²) in [5, 5.41) is 15.3. The SMILES string of the molecule is COc1ccc2c(O)c(-c3cccc4ccccc34)cc(-c3ccccc3)c2c1. The fourth-order valence-electron chi connectivity index (χ4n) is 4.04. The topological polar surface area (TPSA) is 29.5 Å². The number of aromatic hydroxyl groups is 1. The van der Waals surface area contributed by atoms with Gasteiger partial charge in [0.05, 0.1) is 7.11 Å². The summed E-state index contributed by atoms with van der Waals surface area (Å²) in [6.07, 6.45) is 0. The molecule has 0 bridgehead atoms. The zero-order valence-electron chi connectivity index (χ0n) is 16.1. The summed E-state index contributed by atoms with van der Waals surface area (Å²) in [7, 11) is 1.66. The largest absolute Gasteiger partial charge is 0.507 e. The molecule has 0 amide bonds. The smallest absolute Gasteiger partial charge is 0.131 e. The summed E-state index contributed by atoms with van der Waals surface area (Å²) in [6.45, 7) is 0. The van der Waals surface area contributed by atoms with E-state index in [1.165, 1.54) is 0 Å². The molecule has 140 valence electrons. The molecule has 2 nitrogen and oxygen atoms in total. The molecule has 0 saturated heterocycles. The number of methoxy groups -OCH3 is 1. The highest BCUT2D eigenvalue weighted by Crippen LogP contribution is 2.44. The Hall–Kier alpha value is -3.78. The number of hydrogen-bond donors (Lipinski definition) is 1. The molecule has 0 aliphatic carbocycles. The maximum Gasteiger partial charge on any atom is 0.131 e. The highest BCUT2D eigenvalue weighted by molar-refractivity contribution is 6.08. The summed E-state index contributed by atoms with van der Waals surface area (Å²) >= 11 is 0. The van der Waals surface area contributed by atoms with Crippen molar-refractivity contribution in [2.24, 2.45) is 0 Å². The predicted molar refractivity (Wildman–Crippen MR) is 121 cm³/mol. The van der Waals surface area contributed by atoms with Gasteiger partial charge >= 0.3 is 0 Å². The van der Waals surface area contributed by atoms with Crippen molar-refractivity contribution >= 4 is 21.5 Å². The van der Waals surface area contributed by atoms with Crippen molar-refractivity contribution in [3.8, 4) is 33.8 Å². The van der Waals surface area contributed by atoms with E-state index in [0.29, 0.717) is 5.75 Å². The molecule has 5 aromatic rings. The van der Waals surface area contributed by atoms with Crippen LogP contribution in [0, 0.1) is 0 Å². The van der Waals surface area contributed by atoms with E-state index in [2.05, 4.69) is 42.5 Å². The maximum absolute atomic E-state index is 11.3. The zero-order chi connectivity index (χ0) is 19.8. The Balaban J connectivity index is 1.89. The molecule has 0 aliphatic heterocycles. The number of phenolic OH excluding ortho intramolecular Hbond substituents is 1. The van der Waals surface area contributed by atoms with E-state index in [9.17, 15) is 5.11 Å². The van der Waals surface area contributed by atoms with Gasteiger partial charge in [0.25, 0.3) is 0 Å². The average Bonchev–Trinajstić information content (AvgIpc) is 2.79. The lowest BCUT2D eigenvalue weighted by atomic mass is 9.90. The minimum absolute atomic E-state index is 0.290. The van der Waals surface area contributed by atoms with E-state index in [1.807, 2.05) is 54.6 Å². The van der Waals surface area contributed by atoms with Gasteiger partial charge in [-0.25, -0.2) is 0 Å². The second-order valence-electron chi connectivity index (χ2n) is 7.12. The van der Waals surface area contributed by atoms with Crippen molar-refractivity contribution in [2.75, 3.05) is 7.11 Å². The molecule has 2 heteroatoms. The zero-order valence-corrected chi connectivity index (χ0v) is 16.1. The Kier molecular flexibility index (Phi) is 4.18. The molecule has 5 rings (SSSR count). The van der Waals surface area contributed by atoms with Crippen LogP contribution in [0.5, 0.6) is 11.5 Å². The lowest BCUT2D eigenvalue weighted by Crippen LogP contribution is -1.90. The average molecular weight is 376 g/mol. The molecule has 5 aromatic carbocycles. The number of hydrogen-bond acceptors (Lipinski definition) is 2. The number of benzene rings is 5. The van der Waals surface area contributed by atoms with Gasteiger partial charge in [0.2, 0.25) is 0 Å². The molecule has 0 aliphatic rings. The Morgan fingerprint density at radius 1 is 0.586 bits per heavy atom. The first kappa shape index (κ1) is 17.3. The molecule has 29 heavy (non-hydrogen) atoms. The molecule has 0 saturated carbocycles. The summed E-state index contributed by atoms with van der Waals surface area (Å²) in [4.78, 5) is 0. The van der Waals surface area contributed by atoms with Crippen molar-refractivity contribution in [3.05, 3.63) is 97.1 Å². The van der Waals surface area contributed by atoms with E-state index in [1.54, 1.807) is 7.11 Å². The fourth-order valence-corrected chi connectivity index (χ4v) is 4.04. The minimum Gasteiger partial charge on any atom is -0.507 e.